The Bertz CT molecular complexity index is 890. The summed E-state index contributed by atoms with van der Waals surface area (Å²) in [5.41, 5.74) is 0.858. The first kappa shape index (κ1) is 25.3. The third-order valence-corrected chi connectivity index (χ3v) is 5.68. The minimum Gasteiger partial charge on any atom is -0.482 e. The summed E-state index contributed by atoms with van der Waals surface area (Å²) < 4.78 is 5.63. The Balaban J connectivity index is 2.22. The molecule has 2 aromatic rings. The van der Waals surface area contributed by atoms with E-state index < -0.39 is 6.04 Å². The highest BCUT2D eigenvalue weighted by Crippen LogP contribution is 2.27. The minimum atomic E-state index is -0.638. The lowest BCUT2D eigenvalue weighted by Gasteiger charge is -2.31. The lowest BCUT2D eigenvalue weighted by Crippen LogP contribution is -2.51. The van der Waals surface area contributed by atoms with Crippen LogP contribution in [0.4, 0.5) is 0 Å². The molecule has 2 amide bonds. The topological polar surface area (TPSA) is 58.6 Å². The maximum Gasteiger partial charge on any atom is 0.261 e. The molecule has 2 aromatic carbocycles. The summed E-state index contributed by atoms with van der Waals surface area (Å²) in [7, 11) is 0. The van der Waals surface area contributed by atoms with E-state index in [1.165, 1.54) is 4.90 Å². The number of nitrogens with zero attached hydrogens (tertiary/aromatic N) is 1. The summed E-state index contributed by atoms with van der Waals surface area (Å²) in [5.74, 6) is -0.168. The zero-order chi connectivity index (χ0) is 23.0. The molecule has 0 heterocycles. The third-order valence-electron chi connectivity index (χ3n) is 4.90. The van der Waals surface area contributed by atoms with Crippen molar-refractivity contribution < 1.29 is 14.3 Å². The standard InChI is InChI=1S/C23H27Cl3N2O3/c1-4-15(3)27-23(30)20(5-2)28(13-16-6-8-17(24)9-7-16)22(29)14-31-21-11-10-18(25)12-19(21)26/h6-12,15,20H,4-5,13-14H2,1-3H3,(H,27,30)/t15-,20+/m1/s1. The fourth-order valence-electron chi connectivity index (χ4n) is 2.96. The molecule has 0 aliphatic heterocycles. The average Bonchev–Trinajstić information content (AvgIpc) is 2.74. The molecule has 0 aliphatic rings. The Morgan fingerprint density at radius 1 is 1.00 bits per heavy atom. The molecule has 0 spiro atoms. The van der Waals surface area contributed by atoms with Crippen molar-refractivity contribution in [1.29, 1.82) is 0 Å². The van der Waals surface area contributed by atoms with E-state index in [4.69, 9.17) is 39.5 Å². The zero-order valence-corrected chi connectivity index (χ0v) is 20.1. The molecule has 8 heteroatoms. The van der Waals surface area contributed by atoms with Gasteiger partial charge in [-0.3, -0.25) is 9.59 Å². The van der Waals surface area contributed by atoms with E-state index in [0.717, 1.165) is 12.0 Å². The van der Waals surface area contributed by atoms with Gasteiger partial charge >= 0.3 is 0 Å². The predicted octanol–water partition coefficient (Wildman–Crippen LogP) is 5.75. The van der Waals surface area contributed by atoms with E-state index in [2.05, 4.69) is 5.32 Å². The van der Waals surface area contributed by atoms with Gasteiger partial charge in [0, 0.05) is 22.6 Å². The van der Waals surface area contributed by atoms with E-state index in [1.807, 2.05) is 32.9 Å². The van der Waals surface area contributed by atoms with Crippen molar-refractivity contribution in [3.8, 4) is 5.75 Å². The van der Waals surface area contributed by atoms with Crippen LogP contribution in [0.15, 0.2) is 42.5 Å². The molecule has 0 aromatic heterocycles. The highest BCUT2D eigenvalue weighted by Gasteiger charge is 2.29. The fourth-order valence-corrected chi connectivity index (χ4v) is 3.55. The van der Waals surface area contributed by atoms with Gasteiger partial charge in [-0.1, -0.05) is 60.8 Å². The molecular weight excluding hydrogens is 459 g/mol. The smallest absolute Gasteiger partial charge is 0.261 e. The lowest BCUT2D eigenvalue weighted by atomic mass is 10.1. The zero-order valence-electron chi connectivity index (χ0n) is 17.8. The van der Waals surface area contributed by atoms with Gasteiger partial charge in [-0.15, -0.1) is 0 Å². The highest BCUT2D eigenvalue weighted by atomic mass is 35.5. The Hall–Kier alpha value is -1.95. The molecule has 168 valence electrons. The number of carbonyl (C=O) groups excluding carboxylic acids is 2. The van der Waals surface area contributed by atoms with Crippen LogP contribution in [-0.4, -0.2) is 35.4 Å². The molecule has 0 radical (unpaired) electrons. The molecule has 2 rings (SSSR count). The van der Waals surface area contributed by atoms with Crippen molar-refractivity contribution >= 4 is 46.6 Å². The lowest BCUT2D eigenvalue weighted by molar-refractivity contribution is -0.143. The van der Waals surface area contributed by atoms with Gasteiger partial charge in [0.05, 0.1) is 5.02 Å². The van der Waals surface area contributed by atoms with Gasteiger partial charge in [0.2, 0.25) is 5.91 Å². The monoisotopic (exact) mass is 484 g/mol. The van der Waals surface area contributed by atoms with Gasteiger partial charge in [-0.05, 0) is 55.7 Å². The van der Waals surface area contributed by atoms with Crippen molar-refractivity contribution in [2.45, 2.75) is 52.2 Å². The number of carbonyl (C=O) groups is 2. The quantitative estimate of drug-likeness (QED) is 0.466. The molecule has 0 unspecified atom stereocenters. The molecule has 2 atom stereocenters. The molecule has 5 nitrogen and oxygen atoms in total. The summed E-state index contributed by atoms with van der Waals surface area (Å²) in [6.07, 6.45) is 1.26. The van der Waals surface area contributed by atoms with E-state index in [9.17, 15) is 9.59 Å². The summed E-state index contributed by atoms with van der Waals surface area (Å²) in [6, 6.07) is 11.3. The summed E-state index contributed by atoms with van der Waals surface area (Å²) in [4.78, 5) is 27.6. The van der Waals surface area contributed by atoms with Crippen molar-refractivity contribution in [1.82, 2.24) is 10.2 Å². The van der Waals surface area contributed by atoms with Crippen LogP contribution in [0.2, 0.25) is 15.1 Å². The first-order valence-electron chi connectivity index (χ1n) is 10.2. The Labute approximate surface area is 198 Å². The SMILES string of the molecule is CC[C@@H](C)NC(=O)[C@H](CC)N(Cc1ccc(Cl)cc1)C(=O)COc1ccc(Cl)cc1Cl. The van der Waals surface area contributed by atoms with Crippen LogP contribution in [-0.2, 0) is 16.1 Å². The maximum atomic E-state index is 13.2. The van der Waals surface area contributed by atoms with Gasteiger partial charge in [0.1, 0.15) is 11.8 Å². The van der Waals surface area contributed by atoms with Gasteiger partial charge < -0.3 is 15.0 Å². The van der Waals surface area contributed by atoms with Crippen LogP contribution >= 0.6 is 34.8 Å². The second kappa shape index (κ2) is 12.2. The van der Waals surface area contributed by atoms with Crippen LogP contribution in [0.1, 0.15) is 39.2 Å². The normalized spacial score (nSPS) is 12.7. The molecule has 0 bridgehead atoms. The number of nitrogens with one attached hydrogen (secondary N) is 1. The Kier molecular flexibility index (Phi) is 9.94. The molecule has 0 saturated carbocycles. The number of hydrogen-bond donors (Lipinski definition) is 1. The second-order valence-electron chi connectivity index (χ2n) is 7.25. The number of rotatable bonds is 10. The number of amides is 2. The molecule has 1 N–H and O–H groups in total. The van der Waals surface area contributed by atoms with Crippen molar-refractivity contribution in [3.63, 3.8) is 0 Å². The molecule has 0 aliphatic carbocycles. The van der Waals surface area contributed by atoms with E-state index in [-0.39, 0.29) is 31.0 Å². The third kappa shape index (κ3) is 7.60. The van der Waals surface area contributed by atoms with Crippen LogP contribution in [0, 0.1) is 0 Å². The van der Waals surface area contributed by atoms with Crippen LogP contribution in [0.25, 0.3) is 0 Å². The van der Waals surface area contributed by atoms with E-state index >= 15 is 0 Å². The average molecular weight is 486 g/mol. The highest BCUT2D eigenvalue weighted by molar-refractivity contribution is 6.35. The molecular formula is C23H27Cl3N2O3. The first-order valence-corrected chi connectivity index (χ1v) is 11.3. The second-order valence-corrected chi connectivity index (χ2v) is 8.53. The molecule has 0 fully saturated rings. The summed E-state index contributed by atoms with van der Waals surface area (Å²) in [5, 5.41) is 4.35. The Morgan fingerprint density at radius 3 is 2.23 bits per heavy atom. The van der Waals surface area contributed by atoms with Crippen molar-refractivity contribution in [2.24, 2.45) is 0 Å². The number of hydrogen-bond acceptors (Lipinski definition) is 3. The molecule has 31 heavy (non-hydrogen) atoms. The summed E-state index contributed by atoms with van der Waals surface area (Å²) >= 11 is 18.0. The molecule has 0 saturated heterocycles. The van der Waals surface area contributed by atoms with E-state index in [0.29, 0.717) is 27.2 Å². The van der Waals surface area contributed by atoms with Crippen molar-refractivity contribution in [3.05, 3.63) is 63.1 Å². The maximum absolute atomic E-state index is 13.2. The van der Waals surface area contributed by atoms with Crippen LogP contribution in [0.3, 0.4) is 0 Å². The predicted molar refractivity (Wildman–Crippen MR) is 126 cm³/mol. The van der Waals surface area contributed by atoms with Gasteiger partial charge in [0.15, 0.2) is 6.61 Å². The number of benzene rings is 2. The van der Waals surface area contributed by atoms with E-state index in [1.54, 1.807) is 30.3 Å². The van der Waals surface area contributed by atoms with Gasteiger partial charge in [-0.25, -0.2) is 0 Å². The van der Waals surface area contributed by atoms with Crippen molar-refractivity contribution in [2.75, 3.05) is 6.61 Å². The van der Waals surface area contributed by atoms with Crippen LogP contribution in [0.5, 0.6) is 5.75 Å². The largest absolute Gasteiger partial charge is 0.482 e. The van der Waals surface area contributed by atoms with Gasteiger partial charge in [0.25, 0.3) is 5.91 Å². The summed E-state index contributed by atoms with van der Waals surface area (Å²) in [6.45, 7) is 5.79. The number of halogens is 3. The Morgan fingerprint density at radius 2 is 1.65 bits per heavy atom. The first-order chi connectivity index (χ1) is 14.7. The fraction of sp³-hybridized carbons (Fsp3) is 0.391. The van der Waals surface area contributed by atoms with Gasteiger partial charge in [-0.2, -0.15) is 0 Å². The number of ether oxygens (including phenoxy) is 1. The minimum absolute atomic E-state index is 0.0122. The van der Waals surface area contributed by atoms with Crippen LogP contribution < -0.4 is 10.1 Å².